The van der Waals surface area contributed by atoms with Gasteiger partial charge in [-0.15, -0.1) is 0 Å². The molecule has 200 valence electrons. The van der Waals surface area contributed by atoms with Crippen molar-refractivity contribution in [2.45, 2.75) is 12.8 Å². The second-order valence-electron chi connectivity index (χ2n) is 11.1. The van der Waals surface area contributed by atoms with Crippen molar-refractivity contribution in [3.05, 3.63) is 139 Å². The van der Waals surface area contributed by atoms with Crippen LogP contribution in [-0.4, -0.2) is 14.5 Å². The minimum absolute atomic E-state index is 0.900. The molecule has 0 saturated heterocycles. The Kier molecular flexibility index (Phi) is 5.24. The van der Waals surface area contributed by atoms with E-state index in [1.807, 2.05) is 12.1 Å². The number of rotatable bonds is 3. The summed E-state index contributed by atoms with van der Waals surface area (Å²) in [5.41, 5.74) is 11.0. The predicted molar refractivity (Wildman–Crippen MR) is 177 cm³/mol. The van der Waals surface area contributed by atoms with E-state index < -0.39 is 0 Å². The molecule has 0 aliphatic heterocycles. The molecule has 1 aliphatic carbocycles. The summed E-state index contributed by atoms with van der Waals surface area (Å²) in [6, 6.07) is 45.1. The maximum atomic E-state index is 5.32. The van der Waals surface area contributed by atoms with Gasteiger partial charge in [-0.3, -0.25) is 4.57 Å². The van der Waals surface area contributed by atoms with Gasteiger partial charge in [0, 0.05) is 39.4 Å². The number of hydrogen-bond donors (Lipinski definition) is 0. The number of pyridine rings is 1. The van der Waals surface area contributed by atoms with Crippen LogP contribution in [0.5, 0.6) is 0 Å². The zero-order valence-electron chi connectivity index (χ0n) is 23.4. The molecule has 2 heterocycles. The third-order valence-electron chi connectivity index (χ3n) is 8.67. The first-order valence-electron chi connectivity index (χ1n) is 14.7. The van der Waals surface area contributed by atoms with Crippen LogP contribution in [0, 0.1) is 11.8 Å². The molecule has 0 N–H and O–H groups in total. The Morgan fingerprint density at radius 3 is 2.23 bits per heavy atom. The van der Waals surface area contributed by atoms with E-state index in [1.165, 1.54) is 16.5 Å². The maximum absolute atomic E-state index is 5.32. The highest BCUT2D eigenvalue weighted by atomic mass is 15.1. The second kappa shape index (κ2) is 9.41. The first-order chi connectivity index (χ1) is 21.3. The number of aromatic nitrogens is 3. The predicted octanol–water partition coefficient (Wildman–Crippen LogP) is 9.51. The smallest absolute Gasteiger partial charge is 0.145 e. The number of nitrogens with zero attached hydrogens (tertiary/aromatic N) is 3. The largest absolute Gasteiger partial charge is 0.292 e. The summed E-state index contributed by atoms with van der Waals surface area (Å²) in [5, 5.41) is 4.65. The fourth-order valence-corrected chi connectivity index (χ4v) is 6.64. The molecular formula is C40H25N3. The maximum Gasteiger partial charge on any atom is 0.145 e. The van der Waals surface area contributed by atoms with Crippen LogP contribution < -0.4 is 0 Å². The SMILES string of the molecule is C1#Cc2c(ccc3c(-c4ccc(-c5nc6ccccc6n5-c5ccccc5)cc4)c4ccc5ccccc5c4nc23)CC1. The third-order valence-corrected chi connectivity index (χ3v) is 8.67. The molecule has 3 nitrogen and oxygen atoms in total. The van der Waals surface area contributed by atoms with E-state index in [4.69, 9.17) is 9.97 Å². The van der Waals surface area contributed by atoms with E-state index >= 15 is 0 Å². The molecule has 1 aliphatic rings. The van der Waals surface area contributed by atoms with Crippen molar-refractivity contribution in [2.75, 3.05) is 0 Å². The fourth-order valence-electron chi connectivity index (χ4n) is 6.64. The van der Waals surface area contributed by atoms with Gasteiger partial charge in [0.25, 0.3) is 0 Å². The number of benzene rings is 6. The highest BCUT2D eigenvalue weighted by Crippen LogP contribution is 2.40. The molecule has 0 unspecified atom stereocenters. The summed E-state index contributed by atoms with van der Waals surface area (Å²) in [4.78, 5) is 10.4. The lowest BCUT2D eigenvalue weighted by molar-refractivity contribution is 1.01. The minimum Gasteiger partial charge on any atom is -0.292 e. The molecule has 8 aromatic rings. The van der Waals surface area contributed by atoms with Gasteiger partial charge in [-0.1, -0.05) is 115 Å². The normalized spacial score (nSPS) is 12.5. The molecule has 0 bridgehead atoms. The van der Waals surface area contributed by atoms with Gasteiger partial charge in [0.1, 0.15) is 5.82 Å². The van der Waals surface area contributed by atoms with Gasteiger partial charge in [0.15, 0.2) is 0 Å². The van der Waals surface area contributed by atoms with Gasteiger partial charge in [-0.25, -0.2) is 9.97 Å². The van der Waals surface area contributed by atoms with Gasteiger partial charge in [-0.05, 0) is 47.2 Å². The summed E-state index contributed by atoms with van der Waals surface area (Å²) in [5.74, 6) is 7.70. The molecule has 0 radical (unpaired) electrons. The van der Waals surface area contributed by atoms with Crippen molar-refractivity contribution in [3.63, 3.8) is 0 Å². The zero-order chi connectivity index (χ0) is 28.3. The van der Waals surface area contributed by atoms with Gasteiger partial charge < -0.3 is 0 Å². The highest BCUT2D eigenvalue weighted by Gasteiger charge is 2.19. The standard InChI is InChI=1S/C40H25N3/c1-2-12-30(13-3-1)43-36-17-9-8-16-35(36)41-40(43)29-20-18-28(19-21-29)37-33-24-22-26-10-4-6-14-31(26)38(33)42-39-32-15-7-5-11-27(32)23-25-34(37)39/h1-4,6,8-10,12-14,16-25H,5,11H2. The molecule has 0 fully saturated rings. The number of fused-ring (bicyclic) bond motifs is 7. The Labute approximate surface area is 249 Å². The second-order valence-corrected chi connectivity index (χ2v) is 11.1. The molecule has 2 aromatic heterocycles. The summed E-state index contributed by atoms with van der Waals surface area (Å²) in [6.07, 6.45) is 1.87. The summed E-state index contributed by atoms with van der Waals surface area (Å²) in [6.45, 7) is 0. The third kappa shape index (κ3) is 3.70. The summed E-state index contributed by atoms with van der Waals surface area (Å²) < 4.78 is 2.25. The van der Waals surface area contributed by atoms with Gasteiger partial charge in [0.2, 0.25) is 0 Å². The zero-order valence-corrected chi connectivity index (χ0v) is 23.4. The van der Waals surface area contributed by atoms with Crippen molar-refractivity contribution in [2.24, 2.45) is 0 Å². The quantitative estimate of drug-likeness (QED) is 0.125. The number of aryl methyl sites for hydroxylation is 1. The molecule has 3 heteroatoms. The Bertz CT molecular complexity index is 2440. The topological polar surface area (TPSA) is 30.7 Å². The molecule has 9 rings (SSSR count). The lowest BCUT2D eigenvalue weighted by Crippen LogP contribution is -2.00. The molecule has 0 atom stereocenters. The average Bonchev–Trinajstić information content (AvgIpc) is 3.47. The summed E-state index contributed by atoms with van der Waals surface area (Å²) >= 11 is 0. The number of para-hydroxylation sites is 3. The van der Waals surface area contributed by atoms with Crippen molar-refractivity contribution in [1.82, 2.24) is 14.5 Å². The van der Waals surface area contributed by atoms with Gasteiger partial charge in [0.05, 0.1) is 27.6 Å². The Balaban J connectivity index is 1.29. The number of imidazole rings is 1. The molecule has 0 spiro atoms. The molecule has 0 amide bonds. The Morgan fingerprint density at radius 1 is 0.581 bits per heavy atom. The fraction of sp³-hybridized carbons (Fsp3) is 0.0500. The van der Waals surface area contributed by atoms with Crippen molar-refractivity contribution < 1.29 is 0 Å². The van der Waals surface area contributed by atoms with Crippen molar-refractivity contribution in [1.29, 1.82) is 0 Å². The van der Waals surface area contributed by atoms with Crippen molar-refractivity contribution in [3.8, 4) is 40.0 Å². The van der Waals surface area contributed by atoms with Crippen LogP contribution in [0.2, 0.25) is 0 Å². The Hall–Kier alpha value is -5.72. The molecule has 6 aromatic carbocycles. The van der Waals surface area contributed by atoms with Gasteiger partial charge in [-0.2, -0.15) is 0 Å². The molecule has 43 heavy (non-hydrogen) atoms. The molecule has 0 saturated carbocycles. The van der Waals surface area contributed by atoms with E-state index in [9.17, 15) is 0 Å². The van der Waals surface area contributed by atoms with E-state index in [1.54, 1.807) is 0 Å². The van der Waals surface area contributed by atoms with Gasteiger partial charge >= 0.3 is 0 Å². The lowest BCUT2D eigenvalue weighted by Gasteiger charge is -2.17. The van der Waals surface area contributed by atoms with Crippen LogP contribution in [0.1, 0.15) is 17.5 Å². The van der Waals surface area contributed by atoms with E-state index in [-0.39, 0.29) is 0 Å². The van der Waals surface area contributed by atoms with Crippen LogP contribution in [0.15, 0.2) is 127 Å². The Morgan fingerprint density at radius 2 is 1.33 bits per heavy atom. The van der Waals surface area contributed by atoms with Crippen LogP contribution in [-0.2, 0) is 6.42 Å². The minimum atomic E-state index is 0.900. The lowest BCUT2D eigenvalue weighted by atomic mass is 9.89. The van der Waals surface area contributed by atoms with Crippen LogP contribution >= 0.6 is 0 Å². The monoisotopic (exact) mass is 547 g/mol. The molecular weight excluding hydrogens is 522 g/mol. The highest BCUT2D eigenvalue weighted by molar-refractivity contribution is 6.17. The average molecular weight is 548 g/mol. The van der Waals surface area contributed by atoms with Crippen LogP contribution in [0.3, 0.4) is 0 Å². The summed E-state index contributed by atoms with van der Waals surface area (Å²) in [7, 11) is 0. The van der Waals surface area contributed by atoms with Crippen LogP contribution in [0.25, 0.3) is 71.8 Å². The first kappa shape index (κ1) is 23.9. The van der Waals surface area contributed by atoms with E-state index in [0.717, 1.165) is 79.3 Å². The van der Waals surface area contributed by atoms with E-state index in [2.05, 4.69) is 132 Å². The van der Waals surface area contributed by atoms with E-state index in [0.29, 0.717) is 0 Å². The number of hydrogen-bond acceptors (Lipinski definition) is 2. The van der Waals surface area contributed by atoms with Crippen molar-refractivity contribution >= 4 is 43.6 Å². The first-order valence-corrected chi connectivity index (χ1v) is 14.7. The van der Waals surface area contributed by atoms with Crippen LogP contribution in [0.4, 0.5) is 0 Å².